The first-order chi connectivity index (χ1) is 15.4. The molecule has 2 saturated heterocycles. The van der Waals surface area contributed by atoms with Crippen molar-refractivity contribution in [3.8, 4) is 0 Å². The second-order valence-corrected chi connectivity index (χ2v) is 9.41. The van der Waals surface area contributed by atoms with E-state index in [1.807, 2.05) is 48.8 Å². The summed E-state index contributed by atoms with van der Waals surface area (Å²) in [6.07, 6.45) is 4.61. The average Bonchev–Trinajstić information content (AvgIpc) is 3.07. The van der Waals surface area contributed by atoms with Crippen molar-refractivity contribution in [1.82, 2.24) is 20.0 Å². The van der Waals surface area contributed by atoms with Crippen molar-refractivity contribution in [2.45, 2.75) is 52.5 Å². The highest BCUT2D eigenvalue weighted by Gasteiger charge is 2.32. The van der Waals surface area contributed by atoms with Gasteiger partial charge in [0, 0.05) is 44.8 Å². The SMILES string of the molecule is Cc1ccccc1C(=O)N[C@H](C(=O)N1CCN(CC(=O)N2CCCCCC2)CC1)C(C)C. The minimum atomic E-state index is -0.563. The number of benzene rings is 1. The van der Waals surface area contributed by atoms with Crippen molar-refractivity contribution in [3.05, 3.63) is 35.4 Å². The van der Waals surface area contributed by atoms with Crippen LogP contribution in [0, 0.1) is 12.8 Å². The Bertz CT molecular complexity index is 794. The van der Waals surface area contributed by atoms with Crippen LogP contribution in [0.15, 0.2) is 24.3 Å². The van der Waals surface area contributed by atoms with Crippen molar-refractivity contribution in [3.63, 3.8) is 0 Å². The molecule has 176 valence electrons. The highest BCUT2D eigenvalue weighted by molar-refractivity contribution is 5.98. The Hall–Kier alpha value is -2.41. The molecule has 1 aromatic carbocycles. The summed E-state index contributed by atoms with van der Waals surface area (Å²) in [6.45, 7) is 10.5. The van der Waals surface area contributed by atoms with E-state index in [4.69, 9.17) is 0 Å². The molecular weight excluding hydrogens is 404 g/mol. The van der Waals surface area contributed by atoms with Crippen molar-refractivity contribution >= 4 is 17.7 Å². The molecule has 0 aromatic heterocycles. The van der Waals surface area contributed by atoms with Crippen LogP contribution in [0.25, 0.3) is 0 Å². The molecule has 3 amide bonds. The van der Waals surface area contributed by atoms with Crippen LogP contribution < -0.4 is 5.32 Å². The van der Waals surface area contributed by atoms with Crippen molar-refractivity contribution < 1.29 is 14.4 Å². The summed E-state index contributed by atoms with van der Waals surface area (Å²) in [5, 5.41) is 2.96. The second kappa shape index (κ2) is 11.5. The zero-order valence-electron chi connectivity index (χ0n) is 19.8. The quantitative estimate of drug-likeness (QED) is 0.734. The number of carbonyl (C=O) groups excluding carboxylic acids is 3. The summed E-state index contributed by atoms with van der Waals surface area (Å²) in [5.74, 6) is -0.0624. The number of aryl methyl sites for hydroxylation is 1. The molecule has 0 aliphatic carbocycles. The average molecular weight is 443 g/mol. The van der Waals surface area contributed by atoms with E-state index >= 15 is 0 Å². The lowest BCUT2D eigenvalue weighted by molar-refractivity contribution is -0.137. The van der Waals surface area contributed by atoms with Gasteiger partial charge in [-0.3, -0.25) is 19.3 Å². The van der Waals surface area contributed by atoms with Crippen LogP contribution in [0.3, 0.4) is 0 Å². The molecular formula is C25H38N4O3. The van der Waals surface area contributed by atoms with Gasteiger partial charge in [0.1, 0.15) is 6.04 Å². The summed E-state index contributed by atoms with van der Waals surface area (Å²) in [6, 6.07) is 6.85. The van der Waals surface area contributed by atoms with Gasteiger partial charge in [-0.25, -0.2) is 0 Å². The minimum absolute atomic E-state index is 0.0156. The minimum Gasteiger partial charge on any atom is -0.342 e. The molecule has 1 aromatic rings. The smallest absolute Gasteiger partial charge is 0.252 e. The van der Waals surface area contributed by atoms with Gasteiger partial charge in [0.05, 0.1) is 6.54 Å². The largest absolute Gasteiger partial charge is 0.342 e. The van der Waals surface area contributed by atoms with Gasteiger partial charge < -0.3 is 15.1 Å². The van der Waals surface area contributed by atoms with E-state index in [1.54, 1.807) is 6.07 Å². The third-order valence-corrected chi connectivity index (χ3v) is 6.61. The molecule has 1 atom stereocenters. The number of nitrogens with one attached hydrogen (secondary N) is 1. The lowest BCUT2D eigenvalue weighted by Gasteiger charge is -2.37. The molecule has 3 rings (SSSR count). The molecule has 0 unspecified atom stereocenters. The Morgan fingerprint density at radius 3 is 2.09 bits per heavy atom. The Morgan fingerprint density at radius 1 is 0.875 bits per heavy atom. The van der Waals surface area contributed by atoms with E-state index in [0.29, 0.717) is 38.3 Å². The first kappa shape index (κ1) is 24.2. The highest BCUT2D eigenvalue weighted by Crippen LogP contribution is 2.14. The lowest BCUT2D eigenvalue weighted by Crippen LogP contribution is -2.57. The Labute approximate surface area is 192 Å². The van der Waals surface area contributed by atoms with Crippen molar-refractivity contribution in [2.75, 3.05) is 45.8 Å². The number of hydrogen-bond acceptors (Lipinski definition) is 4. The van der Waals surface area contributed by atoms with E-state index in [2.05, 4.69) is 10.2 Å². The van der Waals surface area contributed by atoms with Crippen LogP contribution in [0.1, 0.15) is 55.5 Å². The molecule has 2 aliphatic rings. The van der Waals surface area contributed by atoms with E-state index < -0.39 is 6.04 Å². The zero-order chi connectivity index (χ0) is 23.1. The summed E-state index contributed by atoms with van der Waals surface area (Å²) in [7, 11) is 0. The lowest BCUT2D eigenvalue weighted by atomic mass is 10.0. The van der Waals surface area contributed by atoms with E-state index in [-0.39, 0.29) is 23.6 Å². The molecule has 2 aliphatic heterocycles. The normalized spacial score (nSPS) is 18.9. The van der Waals surface area contributed by atoms with Gasteiger partial charge >= 0.3 is 0 Å². The third kappa shape index (κ3) is 6.31. The summed E-state index contributed by atoms with van der Waals surface area (Å²) in [4.78, 5) is 44.7. The Kier molecular flexibility index (Phi) is 8.67. The van der Waals surface area contributed by atoms with Gasteiger partial charge in [-0.15, -0.1) is 0 Å². The van der Waals surface area contributed by atoms with Gasteiger partial charge in [-0.1, -0.05) is 44.9 Å². The van der Waals surface area contributed by atoms with Gasteiger partial charge in [-0.05, 0) is 37.3 Å². The fraction of sp³-hybridized carbons (Fsp3) is 0.640. The molecule has 7 heteroatoms. The summed E-state index contributed by atoms with van der Waals surface area (Å²) >= 11 is 0. The first-order valence-electron chi connectivity index (χ1n) is 12.0. The fourth-order valence-corrected chi connectivity index (χ4v) is 4.49. The summed E-state index contributed by atoms with van der Waals surface area (Å²) < 4.78 is 0. The molecule has 0 spiro atoms. The van der Waals surface area contributed by atoms with Crippen molar-refractivity contribution in [1.29, 1.82) is 0 Å². The zero-order valence-corrected chi connectivity index (χ0v) is 19.8. The molecule has 0 bridgehead atoms. The van der Waals surface area contributed by atoms with Gasteiger partial charge in [-0.2, -0.15) is 0 Å². The maximum Gasteiger partial charge on any atom is 0.252 e. The summed E-state index contributed by atoms with van der Waals surface area (Å²) in [5.41, 5.74) is 1.49. The van der Waals surface area contributed by atoms with Crippen LogP contribution in [-0.2, 0) is 9.59 Å². The van der Waals surface area contributed by atoms with Crippen LogP contribution in [0.4, 0.5) is 0 Å². The molecule has 7 nitrogen and oxygen atoms in total. The highest BCUT2D eigenvalue weighted by atomic mass is 16.2. The van der Waals surface area contributed by atoms with Gasteiger partial charge in [0.15, 0.2) is 0 Å². The fourth-order valence-electron chi connectivity index (χ4n) is 4.49. The maximum atomic E-state index is 13.2. The number of rotatable bonds is 6. The predicted molar refractivity (Wildman–Crippen MR) is 125 cm³/mol. The molecule has 1 N–H and O–H groups in total. The third-order valence-electron chi connectivity index (χ3n) is 6.61. The van der Waals surface area contributed by atoms with Gasteiger partial charge in [0.2, 0.25) is 11.8 Å². The van der Waals surface area contributed by atoms with Crippen molar-refractivity contribution in [2.24, 2.45) is 5.92 Å². The number of carbonyl (C=O) groups is 3. The molecule has 0 radical (unpaired) electrons. The maximum absolute atomic E-state index is 13.2. The van der Waals surface area contributed by atoms with Crippen LogP contribution in [0.2, 0.25) is 0 Å². The number of hydrogen-bond donors (Lipinski definition) is 1. The van der Waals surface area contributed by atoms with E-state index in [9.17, 15) is 14.4 Å². The van der Waals surface area contributed by atoms with Gasteiger partial charge in [0.25, 0.3) is 5.91 Å². The van der Waals surface area contributed by atoms with E-state index in [1.165, 1.54) is 12.8 Å². The van der Waals surface area contributed by atoms with Crippen LogP contribution in [0.5, 0.6) is 0 Å². The Morgan fingerprint density at radius 2 is 1.50 bits per heavy atom. The predicted octanol–water partition coefficient (Wildman–Crippen LogP) is 2.30. The second-order valence-electron chi connectivity index (χ2n) is 9.41. The molecule has 2 fully saturated rings. The first-order valence-corrected chi connectivity index (χ1v) is 12.0. The molecule has 0 saturated carbocycles. The topological polar surface area (TPSA) is 73.0 Å². The Balaban J connectivity index is 1.52. The van der Waals surface area contributed by atoms with Crippen LogP contribution >= 0.6 is 0 Å². The number of piperazine rings is 1. The molecule has 32 heavy (non-hydrogen) atoms. The standard InChI is InChI=1S/C25H38N4O3/c1-19(2)23(26-24(31)21-11-7-6-10-20(21)3)25(32)29-16-14-27(15-17-29)18-22(30)28-12-8-4-5-9-13-28/h6-7,10-11,19,23H,4-5,8-9,12-18H2,1-3H3,(H,26,31)/t23-/m0/s1. The van der Waals surface area contributed by atoms with E-state index in [0.717, 1.165) is 31.5 Å². The van der Waals surface area contributed by atoms with Crippen LogP contribution in [-0.4, -0.2) is 84.3 Å². The number of amides is 3. The monoisotopic (exact) mass is 442 g/mol. The number of likely N-dealkylation sites (tertiary alicyclic amines) is 1. The number of nitrogens with zero attached hydrogens (tertiary/aromatic N) is 3. The molecule has 2 heterocycles.